The molecule has 1 aliphatic carbocycles. The maximum Gasteiger partial charge on any atom is 0.408 e. The summed E-state index contributed by atoms with van der Waals surface area (Å²) >= 11 is 0. The first-order valence-electron chi connectivity index (χ1n) is 11.9. The van der Waals surface area contributed by atoms with Crippen molar-refractivity contribution in [2.45, 2.75) is 89.5 Å². The van der Waals surface area contributed by atoms with Crippen molar-refractivity contribution in [3.05, 3.63) is 12.2 Å². The van der Waals surface area contributed by atoms with Gasteiger partial charge < -0.3 is 30.1 Å². The quantitative estimate of drug-likeness (QED) is 0.245. The standard InChI is InChI=1S/C24H39N3O7/c1-6-7-8-9-10-11-16-13-24(16,21(31)33-5)26-20(30)18-12-17(28)15-27(18)19(29)14-25-22(32)34-23(2,3)4/h10-11,16-18,28H,6-9,12-15H2,1-5H3,(H,25,32)(H,26,30)/b11-10-/t16-,17+,18+,24-/m1/s1. The van der Waals surface area contributed by atoms with Crippen LogP contribution in [0.25, 0.3) is 0 Å². The second-order valence-electron chi connectivity index (χ2n) is 9.99. The molecule has 0 unspecified atom stereocenters. The number of allylic oxidation sites excluding steroid dienone is 1. The molecule has 10 nitrogen and oxygen atoms in total. The van der Waals surface area contributed by atoms with Crippen LogP contribution in [0.2, 0.25) is 0 Å². The van der Waals surface area contributed by atoms with Crippen molar-refractivity contribution in [1.29, 1.82) is 0 Å². The number of amides is 3. The molecule has 4 atom stereocenters. The van der Waals surface area contributed by atoms with Crippen LogP contribution in [-0.2, 0) is 23.9 Å². The number of methoxy groups -OCH3 is 1. The minimum atomic E-state index is -1.16. The van der Waals surface area contributed by atoms with E-state index in [0.717, 1.165) is 25.7 Å². The zero-order valence-electron chi connectivity index (χ0n) is 20.9. The number of likely N-dealkylation sites (tertiary alicyclic amines) is 1. The Kier molecular flexibility index (Phi) is 9.49. The fourth-order valence-electron chi connectivity index (χ4n) is 4.11. The van der Waals surface area contributed by atoms with E-state index in [0.29, 0.717) is 6.42 Å². The van der Waals surface area contributed by atoms with Crippen molar-refractivity contribution in [3.8, 4) is 0 Å². The molecule has 0 aromatic heterocycles. The molecule has 1 saturated heterocycles. The van der Waals surface area contributed by atoms with Gasteiger partial charge in [-0.25, -0.2) is 9.59 Å². The third kappa shape index (κ3) is 7.44. The molecule has 192 valence electrons. The van der Waals surface area contributed by atoms with Crippen molar-refractivity contribution < 1.29 is 33.8 Å². The minimum Gasteiger partial charge on any atom is -0.467 e. The highest BCUT2D eigenvalue weighted by Crippen LogP contribution is 2.46. The lowest BCUT2D eigenvalue weighted by molar-refractivity contribution is -0.148. The number of carbonyl (C=O) groups is 4. The molecule has 3 N–H and O–H groups in total. The molecule has 0 aromatic carbocycles. The average Bonchev–Trinajstić information content (AvgIpc) is 3.30. The number of esters is 1. The second-order valence-corrected chi connectivity index (χ2v) is 9.99. The lowest BCUT2D eigenvalue weighted by Crippen LogP contribution is -2.54. The van der Waals surface area contributed by atoms with Crippen molar-refractivity contribution in [1.82, 2.24) is 15.5 Å². The first-order chi connectivity index (χ1) is 15.9. The third-order valence-electron chi connectivity index (χ3n) is 5.94. The molecule has 1 saturated carbocycles. The average molecular weight is 482 g/mol. The Hall–Kier alpha value is -2.62. The highest BCUT2D eigenvalue weighted by molar-refractivity contribution is 5.96. The van der Waals surface area contributed by atoms with Gasteiger partial charge in [0.15, 0.2) is 0 Å². The fourth-order valence-corrected chi connectivity index (χ4v) is 4.11. The van der Waals surface area contributed by atoms with Gasteiger partial charge in [0.05, 0.1) is 13.2 Å². The molecule has 0 bridgehead atoms. The van der Waals surface area contributed by atoms with Gasteiger partial charge in [-0.05, 0) is 40.0 Å². The first-order valence-corrected chi connectivity index (χ1v) is 11.9. The molecular weight excluding hydrogens is 442 g/mol. The van der Waals surface area contributed by atoms with Gasteiger partial charge in [-0.3, -0.25) is 9.59 Å². The molecule has 10 heteroatoms. The van der Waals surface area contributed by atoms with E-state index in [1.807, 2.05) is 12.2 Å². The second kappa shape index (κ2) is 11.7. The summed E-state index contributed by atoms with van der Waals surface area (Å²) in [4.78, 5) is 51.4. The van der Waals surface area contributed by atoms with Crippen molar-refractivity contribution in [2.75, 3.05) is 20.2 Å². The summed E-state index contributed by atoms with van der Waals surface area (Å²) in [6.07, 6.45) is 6.99. The van der Waals surface area contributed by atoms with Crippen LogP contribution < -0.4 is 10.6 Å². The van der Waals surface area contributed by atoms with Gasteiger partial charge in [0.2, 0.25) is 11.8 Å². The highest BCUT2D eigenvalue weighted by Gasteiger charge is 2.62. The number of β-amino-alcohol motifs (C(OH)–C–C–N with tert-alkyl or cyclic N) is 1. The molecule has 34 heavy (non-hydrogen) atoms. The summed E-state index contributed by atoms with van der Waals surface area (Å²) in [5.41, 5.74) is -1.88. The Morgan fingerprint density at radius 1 is 1.21 bits per heavy atom. The van der Waals surface area contributed by atoms with Crippen molar-refractivity contribution in [3.63, 3.8) is 0 Å². The molecule has 0 radical (unpaired) electrons. The van der Waals surface area contributed by atoms with E-state index in [1.54, 1.807) is 20.8 Å². The lowest BCUT2D eigenvalue weighted by Gasteiger charge is -2.26. The smallest absolute Gasteiger partial charge is 0.408 e. The van der Waals surface area contributed by atoms with E-state index in [1.165, 1.54) is 12.0 Å². The maximum absolute atomic E-state index is 13.1. The highest BCUT2D eigenvalue weighted by atomic mass is 16.6. The van der Waals surface area contributed by atoms with Gasteiger partial charge in [0.25, 0.3) is 0 Å². The summed E-state index contributed by atoms with van der Waals surface area (Å²) < 4.78 is 10.1. The molecule has 0 spiro atoms. The third-order valence-corrected chi connectivity index (χ3v) is 5.94. The van der Waals surface area contributed by atoms with Crippen LogP contribution in [-0.4, -0.2) is 77.4 Å². The number of nitrogens with zero attached hydrogens (tertiary/aromatic N) is 1. The normalized spacial score (nSPS) is 26.3. The summed E-state index contributed by atoms with van der Waals surface area (Å²) in [6.45, 7) is 6.82. The number of aliphatic hydroxyl groups excluding tert-OH is 1. The van der Waals surface area contributed by atoms with Crippen LogP contribution in [0.1, 0.15) is 66.2 Å². The number of ether oxygens (including phenoxy) is 2. The van der Waals surface area contributed by atoms with Crippen LogP contribution >= 0.6 is 0 Å². The fraction of sp³-hybridized carbons (Fsp3) is 0.750. The van der Waals surface area contributed by atoms with Crippen LogP contribution in [0, 0.1) is 5.92 Å². The number of aliphatic hydroxyl groups is 1. The predicted molar refractivity (Wildman–Crippen MR) is 125 cm³/mol. The van der Waals surface area contributed by atoms with Gasteiger partial charge in [0.1, 0.15) is 23.7 Å². The summed E-state index contributed by atoms with van der Waals surface area (Å²) in [5.74, 6) is -1.78. The van der Waals surface area contributed by atoms with Gasteiger partial charge in [-0.15, -0.1) is 0 Å². The number of rotatable bonds is 10. The van der Waals surface area contributed by atoms with Crippen LogP contribution in [0.15, 0.2) is 12.2 Å². The molecule has 2 fully saturated rings. The zero-order valence-corrected chi connectivity index (χ0v) is 20.9. The topological polar surface area (TPSA) is 134 Å². The Balaban J connectivity index is 2.00. The lowest BCUT2D eigenvalue weighted by atomic mass is 10.1. The largest absolute Gasteiger partial charge is 0.467 e. The van der Waals surface area contributed by atoms with E-state index in [4.69, 9.17) is 9.47 Å². The Labute approximate surface area is 201 Å². The first kappa shape index (κ1) is 27.6. The number of nitrogens with one attached hydrogen (secondary N) is 2. The SMILES string of the molecule is CCCCC/C=C\[C@@H]1C[C@]1(NC(=O)[C@@H]1C[C@H](O)CN1C(=O)CNC(=O)OC(C)(C)C)C(=O)OC. The molecule has 2 rings (SSSR count). The van der Waals surface area contributed by atoms with E-state index < -0.39 is 47.2 Å². The summed E-state index contributed by atoms with van der Waals surface area (Å²) in [6, 6.07) is -0.959. The van der Waals surface area contributed by atoms with E-state index in [9.17, 15) is 24.3 Å². The number of hydrogen-bond donors (Lipinski definition) is 3. The molecule has 1 aliphatic heterocycles. The molecular formula is C24H39N3O7. The Morgan fingerprint density at radius 2 is 1.91 bits per heavy atom. The monoisotopic (exact) mass is 481 g/mol. The van der Waals surface area contributed by atoms with Crippen LogP contribution in [0.3, 0.4) is 0 Å². The van der Waals surface area contributed by atoms with Gasteiger partial charge >= 0.3 is 12.1 Å². The van der Waals surface area contributed by atoms with Crippen molar-refractivity contribution >= 4 is 23.9 Å². The molecule has 1 heterocycles. The Bertz CT molecular complexity index is 792. The minimum absolute atomic E-state index is 0.0405. The van der Waals surface area contributed by atoms with Gasteiger partial charge in [-0.2, -0.15) is 0 Å². The van der Waals surface area contributed by atoms with Gasteiger partial charge in [0, 0.05) is 18.9 Å². The number of unbranched alkanes of at least 4 members (excludes halogenated alkanes) is 3. The van der Waals surface area contributed by atoms with E-state index in [-0.39, 0.29) is 25.4 Å². The van der Waals surface area contributed by atoms with E-state index in [2.05, 4.69) is 17.6 Å². The van der Waals surface area contributed by atoms with Gasteiger partial charge in [-0.1, -0.05) is 31.9 Å². The maximum atomic E-state index is 13.1. The van der Waals surface area contributed by atoms with Crippen molar-refractivity contribution in [2.24, 2.45) is 5.92 Å². The summed E-state index contributed by atoms with van der Waals surface area (Å²) in [7, 11) is 1.27. The summed E-state index contributed by atoms with van der Waals surface area (Å²) in [5, 5.41) is 15.3. The number of alkyl carbamates (subject to hydrolysis) is 1. The van der Waals surface area contributed by atoms with Crippen LogP contribution in [0.4, 0.5) is 4.79 Å². The number of carbonyl (C=O) groups excluding carboxylic acids is 4. The van der Waals surface area contributed by atoms with Crippen LogP contribution in [0.5, 0.6) is 0 Å². The predicted octanol–water partition coefficient (Wildman–Crippen LogP) is 1.66. The zero-order chi connectivity index (χ0) is 25.5. The molecule has 3 amide bonds. The van der Waals surface area contributed by atoms with E-state index >= 15 is 0 Å². The molecule has 0 aromatic rings. The number of hydrogen-bond acceptors (Lipinski definition) is 7. The molecule has 2 aliphatic rings. The Morgan fingerprint density at radius 3 is 2.53 bits per heavy atom.